The molecule has 0 spiro atoms. The zero-order chi connectivity index (χ0) is 22.4. The molecule has 4 rings (SSSR count). The summed E-state index contributed by atoms with van der Waals surface area (Å²) in [5.74, 6) is 1.30. The van der Waals surface area contributed by atoms with Crippen LogP contribution in [0.25, 0.3) is 0 Å². The number of sulfonamides is 1. The van der Waals surface area contributed by atoms with Crippen molar-refractivity contribution in [2.24, 2.45) is 0 Å². The van der Waals surface area contributed by atoms with Crippen LogP contribution in [0.2, 0.25) is 0 Å². The number of hydrogen-bond donors (Lipinski definition) is 1. The molecule has 8 nitrogen and oxygen atoms in total. The number of methoxy groups -OCH3 is 1. The molecule has 166 valence electrons. The summed E-state index contributed by atoms with van der Waals surface area (Å²) >= 11 is 0. The van der Waals surface area contributed by atoms with Crippen LogP contribution in [0.3, 0.4) is 0 Å². The number of nitrogens with one attached hydrogen (secondary N) is 1. The molecule has 2 unspecified atom stereocenters. The highest BCUT2D eigenvalue weighted by molar-refractivity contribution is 7.92. The Kier molecular flexibility index (Phi) is 5.25. The summed E-state index contributed by atoms with van der Waals surface area (Å²) in [6.45, 7) is 3.81. The Balaban J connectivity index is 1.61. The standard InChI is InChI=1S/C22H26N2O6S/c1-22(2)12-16(15-11-14(28-3)9-10-18(15)30-22)23-21(25)20-13-24(31(4,26)27)17-7-5-6-8-19(17)29-20/h5-11,16,20H,12-13H2,1-4H3,(H,23,25). The van der Waals surface area contributed by atoms with Crippen molar-refractivity contribution in [3.63, 3.8) is 0 Å². The fraction of sp³-hybridized carbons (Fsp3) is 0.409. The lowest BCUT2D eigenvalue weighted by Crippen LogP contribution is -2.52. The largest absolute Gasteiger partial charge is 0.497 e. The van der Waals surface area contributed by atoms with Gasteiger partial charge in [0.1, 0.15) is 22.8 Å². The van der Waals surface area contributed by atoms with Gasteiger partial charge in [0.15, 0.2) is 6.10 Å². The van der Waals surface area contributed by atoms with Crippen molar-refractivity contribution >= 4 is 21.6 Å². The number of rotatable bonds is 4. The predicted octanol–water partition coefficient (Wildman–Crippen LogP) is 2.64. The van der Waals surface area contributed by atoms with E-state index in [1.54, 1.807) is 31.4 Å². The van der Waals surface area contributed by atoms with Crippen LogP contribution in [0.1, 0.15) is 31.9 Å². The van der Waals surface area contributed by atoms with E-state index < -0.39 is 21.7 Å². The third-order valence-electron chi connectivity index (χ3n) is 5.42. The van der Waals surface area contributed by atoms with E-state index in [0.29, 0.717) is 29.4 Å². The van der Waals surface area contributed by atoms with E-state index in [9.17, 15) is 13.2 Å². The molecule has 2 aromatic carbocycles. The number of anilines is 1. The quantitative estimate of drug-likeness (QED) is 0.776. The molecule has 9 heteroatoms. The summed E-state index contributed by atoms with van der Waals surface area (Å²) in [7, 11) is -2.00. The maximum Gasteiger partial charge on any atom is 0.263 e. The second kappa shape index (κ2) is 7.64. The van der Waals surface area contributed by atoms with Gasteiger partial charge in [-0.3, -0.25) is 9.10 Å². The Hall–Kier alpha value is -2.94. The minimum atomic E-state index is -3.58. The molecule has 2 atom stereocenters. The van der Waals surface area contributed by atoms with Gasteiger partial charge in [-0.1, -0.05) is 12.1 Å². The van der Waals surface area contributed by atoms with Crippen LogP contribution in [-0.4, -0.2) is 45.9 Å². The van der Waals surface area contributed by atoms with Crippen molar-refractivity contribution in [1.29, 1.82) is 0 Å². The summed E-state index contributed by atoms with van der Waals surface area (Å²) in [5, 5.41) is 3.03. The molecule has 0 saturated carbocycles. The van der Waals surface area contributed by atoms with Gasteiger partial charge in [-0.05, 0) is 44.2 Å². The Morgan fingerprint density at radius 1 is 1.19 bits per heavy atom. The molecule has 0 bridgehead atoms. The molecule has 1 N–H and O–H groups in total. The average molecular weight is 447 g/mol. The third-order valence-corrected chi connectivity index (χ3v) is 6.56. The maximum atomic E-state index is 13.2. The second-order valence-electron chi connectivity index (χ2n) is 8.40. The fourth-order valence-electron chi connectivity index (χ4n) is 4.01. The molecule has 2 aliphatic heterocycles. The maximum absolute atomic E-state index is 13.2. The minimum absolute atomic E-state index is 0.0980. The minimum Gasteiger partial charge on any atom is -0.497 e. The Labute approximate surface area is 182 Å². The number of ether oxygens (including phenoxy) is 3. The molecule has 1 amide bonds. The lowest BCUT2D eigenvalue weighted by molar-refractivity contribution is -0.129. The lowest BCUT2D eigenvalue weighted by atomic mass is 9.89. The molecule has 31 heavy (non-hydrogen) atoms. The molecular formula is C22H26N2O6S. The highest BCUT2D eigenvalue weighted by Crippen LogP contribution is 2.41. The van der Waals surface area contributed by atoms with Crippen molar-refractivity contribution in [1.82, 2.24) is 5.32 Å². The van der Waals surface area contributed by atoms with Gasteiger partial charge in [-0.15, -0.1) is 0 Å². The van der Waals surface area contributed by atoms with Crippen LogP contribution in [0.4, 0.5) is 5.69 Å². The summed E-state index contributed by atoms with van der Waals surface area (Å²) in [6, 6.07) is 11.9. The highest BCUT2D eigenvalue weighted by Gasteiger charge is 2.39. The molecule has 0 radical (unpaired) electrons. The first kappa shape index (κ1) is 21.3. The number of para-hydroxylation sites is 2. The van der Waals surface area contributed by atoms with Gasteiger partial charge in [-0.2, -0.15) is 0 Å². The van der Waals surface area contributed by atoms with Crippen molar-refractivity contribution in [3.05, 3.63) is 48.0 Å². The number of carbonyl (C=O) groups is 1. The van der Waals surface area contributed by atoms with Crippen molar-refractivity contribution in [2.75, 3.05) is 24.2 Å². The topological polar surface area (TPSA) is 94.2 Å². The molecule has 0 fully saturated rings. The van der Waals surface area contributed by atoms with Crippen LogP contribution in [0, 0.1) is 0 Å². The van der Waals surface area contributed by atoms with Crippen molar-refractivity contribution in [3.8, 4) is 17.2 Å². The number of amides is 1. The molecule has 2 aromatic rings. The van der Waals surface area contributed by atoms with Crippen LogP contribution < -0.4 is 23.8 Å². The second-order valence-corrected chi connectivity index (χ2v) is 10.3. The predicted molar refractivity (Wildman–Crippen MR) is 116 cm³/mol. The van der Waals surface area contributed by atoms with E-state index in [-0.39, 0.29) is 18.5 Å². The Morgan fingerprint density at radius 2 is 1.94 bits per heavy atom. The number of benzene rings is 2. The lowest BCUT2D eigenvalue weighted by Gasteiger charge is -2.39. The summed E-state index contributed by atoms with van der Waals surface area (Å²) in [6.07, 6.45) is 0.677. The first-order chi connectivity index (χ1) is 14.6. The highest BCUT2D eigenvalue weighted by atomic mass is 32.2. The third kappa shape index (κ3) is 4.27. The normalized spacial score (nSPS) is 21.7. The zero-order valence-corrected chi connectivity index (χ0v) is 18.7. The van der Waals surface area contributed by atoms with E-state index in [1.807, 2.05) is 32.0 Å². The van der Waals surface area contributed by atoms with Gasteiger partial charge in [0.05, 0.1) is 31.6 Å². The first-order valence-corrected chi connectivity index (χ1v) is 11.8. The summed E-state index contributed by atoms with van der Waals surface area (Å²) < 4.78 is 43.1. The average Bonchev–Trinajstić information content (AvgIpc) is 2.71. The van der Waals surface area contributed by atoms with Crippen LogP contribution >= 0.6 is 0 Å². The molecule has 0 saturated heterocycles. The monoisotopic (exact) mass is 446 g/mol. The molecule has 0 aliphatic carbocycles. The van der Waals surface area contributed by atoms with Crippen molar-refractivity contribution in [2.45, 2.75) is 38.0 Å². The first-order valence-electron chi connectivity index (χ1n) is 9.98. The van der Waals surface area contributed by atoms with E-state index in [0.717, 1.165) is 11.8 Å². The van der Waals surface area contributed by atoms with Gasteiger partial charge in [0.2, 0.25) is 10.0 Å². The molecule has 2 heterocycles. The van der Waals surface area contributed by atoms with Gasteiger partial charge in [0, 0.05) is 12.0 Å². The van der Waals surface area contributed by atoms with E-state index in [1.165, 1.54) is 4.31 Å². The van der Waals surface area contributed by atoms with Gasteiger partial charge in [-0.25, -0.2) is 8.42 Å². The van der Waals surface area contributed by atoms with Crippen LogP contribution in [-0.2, 0) is 14.8 Å². The number of carbonyl (C=O) groups excluding carboxylic acids is 1. The van der Waals surface area contributed by atoms with Crippen LogP contribution in [0.5, 0.6) is 17.2 Å². The van der Waals surface area contributed by atoms with E-state index in [4.69, 9.17) is 14.2 Å². The van der Waals surface area contributed by atoms with Gasteiger partial charge < -0.3 is 19.5 Å². The SMILES string of the molecule is COc1ccc2c(c1)C(NC(=O)C1CN(S(C)(=O)=O)c3ccccc3O1)CC(C)(C)O2. The van der Waals surface area contributed by atoms with E-state index in [2.05, 4.69) is 5.32 Å². The Morgan fingerprint density at radius 3 is 2.65 bits per heavy atom. The Bertz CT molecular complexity index is 1110. The summed E-state index contributed by atoms with van der Waals surface area (Å²) in [5.41, 5.74) is 0.748. The van der Waals surface area contributed by atoms with Gasteiger partial charge in [0.25, 0.3) is 5.91 Å². The number of hydrogen-bond acceptors (Lipinski definition) is 6. The zero-order valence-electron chi connectivity index (χ0n) is 17.9. The fourth-order valence-corrected chi connectivity index (χ4v) is 4.92. The number of fused-ring (bicyclic) bond motifs is 2. The summed E-state index contributed by atoms with van der Waals surface area (Å²) in [4.78, 5) is 13.2. The smallest absolute Gasteiger partial charge is 0.263 e. The van der Waals surface area contributed by atoms with E-state index >= 15 is 0 Å². The van der Waals surface area contributed by atoms with Crippen LogP contribution in [0.15, 0.2) is 42.5 Å². The molecular weight excluding hydrogens is 420 g/mol. The number of nitrogens with zero attached hydrogens (tertiary/aromatic N) is 1. The molecule has 0 aromatic heterocycles. The molecule has 2 aliphatic rings. The van der Waals surface area contributed by atoms with Gasteiger partial charge >= 0.3 is 0 Å². The van der Waals surface area contributed by atoms with Crippen molar-refractivity contribution < 1.29 is 27.4 Å².